The van der Waals surface area contributed by atoms with Crippen LogP contribution in [0.25, 0.3) is 0 Å². The molecule has 0 radical (unpaired) electrons. The molecule has 0 aliphatic rings. The smallest absolute Gasteiger partial charge is 0.303 e. The fraction of sp³-hybridized carbons (Fsp3) is 0.231. The Morgan fingerprint density at radius 2 is 1.31 bits per heavy atom. The largest absolute Gasteiger partial charge is 0.485 e. The van der Waals surface area contributed by atoms with Gasteiger partial charge in [0, 0.05) is 13.0 Å². The molecule has 0 heterocycles. The monoisotopic (exact) mass is 433 g/mol. The summed E-state index contributed by atoms with van der Waals surface area (Å²) >= 11 is 0. The summed E-state index contributed by atoms with van der Waals surface area (Å²) < 4.78 is 12.1. The van der Waals surface area contributed by atoms with Gasteiger partial charge in [0.2, 0.25) is 5.91 Å². The van der Waals surface area contributed by atoms with Crippen molar-refractivity contribution >= 4 is 11.9 Å². The minimum absolute atomic E-state index is 0.0208. The number of hydrogen-bond donors (Lipinski definition) is 2. The number of carboxylic acids is 1. The van der Waals surface area contributed by atoms with Gasteiger partial charge < -0.3 is 19.9 Å². The SMILES string of the molecule is O=C(O)CCC(=O)NCCc1ccc(OCc2ccccc2)c(OCc2ccccc2)c1. The lowest BCUT2D eigenvalue weighted by Gasteiger charge is -2.15. The normalized spacial score (nSPS) is 10.4. The molecule has 3 aromatic carbocycles. The number of rotatable bonds is 12. The zero-order valence-electron chi connectivity index (χ0n) is 17.8. The minimum atomic E-state index is -0.980. The fourth-order valence-corrected chi connectivity index (χ4v) is 3.07. The van der Waals surface area contributed by atoms with Crippen molar-refractivity contribution in [1.29, 1.82) is 0 Å². The van der Waals surface area contributed by atoms with Crippen LogP contribution in [0.1, 0.15) is 29.5 Å². The second-order valence-corrected chi connectivity index (χ2v) is 7.32. The van der Waals surface area contributed by atoms with Crippen LogP contribution >= 0.6 is 0 Å². The van der Waals surface area contributed by atoms with Crippen LogP contribution in [0, 0.1) is 0 Å². The number of amides is 1. The second-order valence-electron chi connectivity index (χ2n) is 7.32. The van der Waals surface area contributed by atoms with E-state index >= 15 is 0 Å². The van der Waals surface area contributed by atoms with Gasteiger partial charge in [-0.1, -0.05) is 66.7 Å². The number of aliphatic carboxylic acids is 1. The summed E-state index contributed by atoms with van der Waals surface area (Å²) in [6, 6.07) is 25.6. The first kappa shape index (κ1) is 22.9. The van der Waals surface area contributed by atoms with Crippen molar-refractivity contribution in [2.24, 2.45) is 0 Å². The second kappa shape index (κ2) is 12.2. The summed E-state index contributed by atoms with van der Waals surface area (Å²) in [7, 11) is 0. The first-order valence-electron chi connectivity index (χ1n) is 10.5. The van der Waals surface area contributed by atoms with Gasteiger partial charge >= 0.3 is 5.97 Å². The third kappa shape index (κ3) is 7.80. The molecule has 0 bridgehead atoms. The van der Waals surface area contributed by atoms with E-state index in [-0.39, 0.29) is 18.7 Å². The van der Waals surface area contributed by atoms with E-state index in [4.69, 9.17) is 14.6 Å². The standard InChI is InChI=1S/C26H27NO5/c28-25(13-14-26(29)30)27-16-15-20-11-12-23(31-18-21-7-3-1-4-8-21)24(17-20)32-19-22-9-5-2-6-10-22/h1-12,17H,13-16,18-19H2,(H,27,28)(H,29,30). The summed E-state index contributed by atoms with van der Waals surface area (Å²) in [6.07, 6.45) is 0.406. The highest BCUT2D eigenvalue weighted by Gasteiger charge is 2.10. The summed E-state index contributed by atoms with van der Waals surface area (Å²) in [4.78, 5) is 22.3. The van der Waals surface area contributed by atoms with Crippen LogP contribution in [-0.4, -0.2) is 23.5 Å². The maximum Gasteiger partial charge on any atom is 0.303 e. The molecule has 2 N–H and O–H groups in total. The number of carboxylic acid groups (broad SMARTS) is 1. The van der Waals surface area contributed by atoms with Gasteiger partial charge in [-0.15, -0.1) is 0 Å². The maximum atomic E-state index is 11.7. The first-order chi connectivity index (χ1) is 15.6. The zero-order chi connectivity index (χ0) is 22.6. The molecule has 1 amide bonds. The summed E-state index contributed by atoms with van der Waals surface area (Å²) in [5.74, 6) is 0.0423. The molecule has 6 heteroatoms. The number of ether oxygens (including phenoxy) is 2. The van der Waals surface area contributed by atoms with Crippen LogP contribution in [0.3, 0.4) is 0 Å². The molecule has 166 valence electrons. The van der Waals surface area contributed by atoms with Crippen molar-refractivity contribution in [3.63, 3.8) is 0 Å². The van der Waals surface area contributed by atoms with E-state index in [2.05, 4.69) is 5.32 Å². The van der Waals surface area contributed by atoms with Crippen molar-refractivity contribution in [3.05, 3.63) is 95.6 Å². The van der Waals surface area contributed by atoms with Crippen molar-refractivity contribution < 1.29 is 24.2 Å². The van der Waals surface area contributed by atoms with E-state index in [1.807, 2.05) is 78.9 Å². The lowest BCUT2D eigenvalue weighted by molar-refractivity contribution is -0.138. The van der Waals surface area contributed by atoms with Gasteiger partial charge in [0.15, 0.2) is 11.5 Å². The Hall–Kier alpha value is -3.80. The van der Waals surface area contributed by atoms with E-state index < -0.39 is 5.97 Å². The lowest BCUT2D eigenvalue weighted by atomic mass is 10.1. The third-order valence-electron chi connectivity index (χ3n) is 4.78. The Bertz CT molecular complexity index is 1010. The summed E-state index contributed by atoms with van der Waals surface area (Å²) in [5.41, 5.74) is 3.10. The van der Waals surface area contributed by atoms with E-state index in [9.17, 15) is 9.59 Å². The van der Waals surface area contributed by atoms with E-state index in [0.29, 0.717) is 37.7 Å². The number of carbonyl (C=O) groups excluding carboxylic acids is 1. The molecular weight excluding hydrogens is 406 g/mol. The molecule has 0 aromatic heterocycles. The topological polar surface area (TPSA) is 84.9 Å². The quantitative estimate of drug-likeness (QED) is 0.443. The first-order valence-corrected chi connectivity index (χ1v) is 10.5. The molecular formula is C26H27NO5. The van der Waals surface area contributed by atoms with Gasteiger partial charge in [-0.2, -0.15) is 0 Å². The maximum absolute atomic E-state index is 11.7. The Morgan fingerprint density at radius 3 is 1.91 bits per heavy atom. The number of carbonyl (C=O) groups is 2. The zero-order valence-corrected chi connectivity index (χ0v) is 17.8. The van der Waals surface area contributed by atoms with Crippen molar-refractivity contribution in [1.82, 2.24) is 5.32 Å². The third-order valence-corrected chi connectivity index (χ3v) is 4.78. The van der Waals surface area contributed by atoms with Gasteiger partial charge in [-0.25, -0.2) is 0 Å². The minimum Gasteiger partial charge on any atom is -0.485 e. The molecule has 0 fully saturated rings. The van der Waals surface area contributed by atoms with E-state index in [1.54, 1.807) is 0 Å². The van der Waals surface area contributed by atoms with Crippen molar-refractivity contribution in [2.75, 3.05) is 6.54 Å². The highest BCUT2D eigenvalue weighted by atomic mass is 16.5. The average molecular weight is 434 g/mol. The van der Waals surface area contributed by atoms with Crippen molar-refractivity contribution in [2.45, 2.75) is 32.5 Å². The predicted octanol–water partition coefficient (Wildman–Crippen LogP) is 4.37. The Labute approximate surface area is 187 Å². The summed E-state index contributed by atoms with van der Waals surface area (Å²) in [6.45, 7) is 1.26. The lowest BCUT2D eigenvalue weighted by Crippen LogP contribution is -2.26. The number of hydrogen-bond acceptors (Lipinski definition) is 4. The predicted molar refractivity (Wildman–Crippen MR) is 122 cm³/mol. The van der Waals surface area contributed by atoms with Gasteiger partial charge in [-0.05, 0) is 35.2 Å². The summed E-state index contributed by atoms with van der Waals surface area (Å²) in [5, 5.41) is 11.4. The number of nitrogens with one attached hydrogen (secondary N) is 1. The molecule has 3 rings (SSSR count). The van der Waals surface area contributed by atoms with Gasteiger partial charge in [0.05, 0.1) is 6.42 Å². The molecule has 6 nitrogen and oxygen atoms in total. The van der Waals surface area contributed by atoms with Crippen molar-refractivity contribution in [3.8, 4) is 11.5 Å². The fourth-order valence-electron chi connectivity index (χ4n) is 3.07. The molecule has 0 atom stereocenters. The van der Waals surface area contributed by atoms with Crippen LogP contribution in [0.4, 0.5) is 0 Å². The Kier molecular flexibility index (Phi) is 8.69. The molecule has 0 spiro atoms. The van der Waals surface area contributed by atoms with Gasteiger partial charge in [-0.3, -0.25) is 9.59 Å². The van der Waals surface area contributed by atoms with E-state index in [1.165, 1.54) is 0 Å². The van der Waals surface area contributed by atoms with Gasteiger partial charge in [0.1, 0.15) is 13.2 Å². The van der Waals surface area contributed by atoms with Crippen LogP contribution < -0.4 is 14.8 Å². The van der Waals surface area contributed by atoms with E-state index in [0.717, 1.165) is 16.7 Å². The van der Waals surface area contributed by atoms with Crippen LogP contribution in [0.5, 0.6) is 11.5 Å². The Morgan fingerprint density at radius 1 is 0.719 bits per heavy atom. The number of benzene rings is 3. The van der Waals surface area contributed by atoms with Crippen LogP contribution in [-0.2, 0) is 29.2 Å². The molecule has 3 aromatic rings. The molecule has 0 aliphatic carbocycles. The van der Waals surface area contributed by atoms with Crippen LogP contribution in [0.15, 0.2) is 78.9 Å². The molecule has 0 aliphatic heterocycles. The molecule has 0 unspecified atom stereocenters. The average Bonchev–Trinajstić information content (AvgIpc) is 2.82. The molecule has 0 saturated heterocycles. The molecule has 32 heavy (non-hydrogen) atoms. The highest BCUT2D eigenvalue weighted by Crippen LogP contribution is 2.30. The molecule has 0 saturated carbocycles. The van der Waals surface area contributed by atoms with Gasteiger partial charge in [0.25, 0.3) is 0 Å². The Balaban J connectivity index is 1.63. The highest BCUT2D eigenvalue weighted by molar-refractivity contribution is 5.80. The van der Waals surface area contributed by atoms with Crippen LogP contribution in [0.2, 0.25) is 0 Å².